The van der Waals surface area contributed by atoms with Crippen molar-refractivity contribution < 1.29 is 9.47 Å². The van der Waals surface area contributed by atoms with E-state index in [1.165, 1.54) is 0 Å². The molecular formula is C12H17ClN2O2. The molecule has 0 aliphatic carbocycles. The Hall–Kier alpha value is -0.840. The summed E-state index contributed by atoms with van der Waals surface area (Å²) in [7, 11) is 0. The normalized spacial score (nSPS) is 17.0. The second-order valence-electron chi connectivity index (χ2n) is 3.97. The number of aromatic nitrogens is 1. The first kappa shape index (κ1) is 12.6. The van der Waals surface area contributed by atoms with E-state index in [-0.39, 0.29) is 0 Å². The summed E-state index contributed by atoms with van der Waals surface area (Å²) in [5.74, 6) is 0.636. The van der Waals surface area contributed by atoms with Crippen LogP contribution in [0.5, 0.6) is 5.88 Å². The molecule has 17 heavy (non-hydrogen) atoms. The highest BCUT2D eigenvalue weighted by molar-refractivity contribution is 6.30. The number of rotatable bonds is 5. The summed E-state index contributed by atoms with van der Waals surface area (Å²) in [6, 6.07) is 3.57. The molecule has 0 N–H and O–H groups in total. The van der Waals surface area contributed by atoms with E-state index in [2.05, 4.69) is 9.88 Å². The number of hydrogen-bond acceptors (Lipinski definition) is 4. The third-order valence-electron chi connectivity index (χ3n) is 2.67. The van der Waals surface area contributed by atoms with E-state index in [1.54, 1.807) is 18.3 Å². The molecule has 0 amide bonds. The minimum Gasteiger partial charge on any atom is -0.478 e. The fourth-order valence-electron chi connectivity index (χ4n) is 1.74. The summed E-state index contributed by atoms with van der Waals surface area (Å²) in [4.78, 5) is 6.47. The van der Waals surface area contributed by atoms with Gasteiger partial charge >= 0.3 is 0 Å². The Morgan fingerprint density at radius 3 is 2.88 bits per heavy atom. The Labute approximate surface area is 106 Å². The molecule has 0 radical (unpaired) electrons. The standard InChI is InChI=1S/C12H17ClN2O2/c13-11-2-3-12(14-10-11)17-7-1-4-15-5-8-16-9-6-15/h2-3,10H,1,4-9H2. The number of nitrogens with zero attached hydrogens (tertiary/aromatic N) is 2. The monoisotopic (exact) mass is 256 g/mol. The molecule has 1 aliphatic rings. The van der Waals surface area contributed by atoms with Crippen LogP contribution in [0.1, 0.15) is 6.42 Å². The van der Waals surface area contributed by atoms with Gasteiger partial charge in [-0.3, -0.25) is 4.90 Å². The molecule has 2 heterocycles. The SMILES string of the molecule is Clc1ccc(OCCCN2CCOCC2)nc1. The van der Waals surface area contributed by atoms with Gasteiger partial charge in [-0.05, 0) is 12.5 Å². The van der Waals surface area contributed by atoms with Gasteiger partial charge in [-0.2, -0.15) is 0 Å². The first-order chi connectivity index (χ1) is 8.34. The Morgan fingerprint density at radius 1 is 1.35 bits per heavy atom. The van der Waals surface area contributed by atoms with Crippen LogP contribution in [0, 0.1) is 0 Å². The quantitative estimate of drug-likeness (QED) is 0.753. The maximum atomic E-state index is 5.74. The summed E-state index contributed by atoms with van der Waals surface area (Å²) >= 11 is 5.74. The number of pyridine rings is 1. The number of hydrogen-bond donors (Lipinski definition) is 0. The Bertz CT molecular complexity index is 326. The topological polar surface area (TPSA) is 34.6 Å². The molecule has 0 atom stereocenters. The van der Waals surface area contributed by atoms with E-state index in [0.29, 0.717) is 17.5 Å². The molecule has 4 nitrogen and oxygen atoms in total. The van der Waals surface area contributed by atoms with Crippen LogP contribution in [0.4, 0.5) is 0 Å². The van der Waals surface area contributed by atoms with Crippen LogP contribution in [-0.4, -0.2) is 49.3 Å². The molecule has 1 fully saturated rings. The molecule has 0 unspecified atom stereocenters. The van der Waals surface area contributed by atoms with Crippen LogP contribution in [-0.2, 0) is 4.74 Å². The van der Waals surface area contributed by atoms with E-state index in [1.807, 2.05) is 0 Å². The highest BCUT2D eigenvalue weighted by atomic mass is 35.5. The van der Waals surface area contributed by atoms with Crippen molar-refractivity contribution in [1.82, 2.24) is 9.88 Å². The zero-order chi connectivity index (χ0) is 11.9. The average Bonchev–Trinajstić information content (AvgIpc) is 2.38. The fourth-order valence-corrected chi connectivity index (χ4v) is 1.85. The lowest BCUT2D eigenvalue weighted by molar-refractivity contribution is 0.0357. The van der Waals surface area contributed by atoms with E-state index in [4.69, 9.17) is 21.1 Å². The summed E-state index contributed by atoms with van der Waals surface area (Å²) in [5.41, 5.74) is 0. The van der Waals surface area contributed by atoms with E-state index in [9.17, 15) is 0 Å². The lowest BCUT2D eigenvalue weighted by Gasteiger charge is -2.26. The summed E-state index contributed by atoms with van der Waals surface area (Å²) < 4.78 is 10.8. The summed E-state index contributed by atoms with van der Waals surface area (Å²) in [5, 5.41) is 0.630. The van der Waals surface area contributed by atoms with Crippen LogP contribution in [0.25, 0.3) is 0 Å². The Balaban J connectivity index is 1.60. The first-order valence-electron chi connectivity index (χ1n) is 5.89. The molecule has 1 aliphatic heterocycles. The van der Waals surface area contributed by atoms with Gasteiger partial charge < -0.3 is 9.47 Å². The van der Waals surface area contributed by atoms with Crippen molar-refractivity contribution in [2.75, 3.05) is 39.5 Å². The zero-order valence-electron chi connectivity index (χ0n) is 9.77. The molecule has 2 rings (SSSR count). The average molecular weight is 257 g/mol. The Morgan fingerprint density at radius 2 is 2.18 bits per heavy atom. The second kappa shape index (κ2) is 6.79. The van der Waals surface area contributed by atoms with Crippen molar-refractivity contribution in [3.05, 3.63) is 23.4 Å². The largest absolute Gasteiger partial charge is 0.478 e. The zero-order valence-corrected chi connectivity index (χ0v) is 10.5. The van der Waals surface area contributed by atoms with Gasteiger partial charge in [0.25, 0.3) is 0 Å². The highest BCUT2D eigenvalue weighted by Gasteiger charge is 2.09. The van der Waals surface area contributed by atoms with Crippen molar-refractivity contribution in [1.29, 1.82) is 0 Å². The van der Waals surface area contributed by atoms with Gasteiger partial charge in [-0.25, -0.2) is 4.98 Å². The van der Waals surface area contributed by atoms with Crippen LogP contribution in [0.15, 0.2) is 18.3 Å². The third kappa shape index (κ3) is 4.50. The molecular weight excluding hydrogens is 240 g/mol. The van der Waals surface area contributed by atoms with Gasteiger partial charge in [0.2, 0.25) is 5.88 Å². The maximum Gasteiger partial charge on any atom is 0.213 e. The number of halogens is 1. The Kier molecular flexibility index (Phi) is 5.04. The van der Waals surface area contributed by atoms with Gasteiger partial charge in [-0.15, -0.1) is 0 Å². The molecule has 5 heteroatoms. The van der Waals surface area contributed by atoms with Crippen LogP contribution >= 0.6 is 11.6 Å². The molecule has 1 aromatic rings. The summed E-state index contributed by atoms with van der Waals surface area (Å²) in [6.07, 6.45) is 2.60. The van der Waals surface area contributed by atoms with Crippen LogP contribution < -0.4 is 4.74 Å². The summed E-state index contributed by atoms with van der Waals surface area (Å²) in [6.45, 7) is 5.49. The lowest BCUT2D eigenvalue weighted by atomic mass is 10.3. The van der Waals surface area contributed by atoms with Crippen LogP contribution in [0.2, 0.25) is 5.02 Å². The van der Waals surface area contributed by atoms with E-state index in [0.717, 1.165) is 39.3 Å². The predicted molar refractivity (Wildman–Crippen MR) is 66.6 cm³/mol. The molecule has 1 aromatic heterocycles. The highest BCUT2D eigenvalue weighted by Crippen LogP contribution is 2.11. The van der Waals surface area contributed by atoms with Crippen molar-refractivity contribution >= 4 is 11.6 Å². The van der Waals surface area contributed by atoms with Gasteiger partial charge in [0.05, 0.1) is 24.8 Å². The molecule has 0 aromatic carbocycles. The van der Waals surface area contributed by atoms with Gasteiger partial charge in [0.15, 0.2) is 0 Å². The minimum absolute atomic E-state index is 0.630. The van der Waals surface area contributed by atoms with Crippen molar-refractivity contribution in [3.63, 3.8) is 0 Å². The molecule has 94 valence electrons. The molecule has 0 spiro atoms. The first-order valence-corrected chi connectivity index (χ1v) is 6.27. The van der Waals surface area contributed by atoms with Crippen LogP contribution in [0.3, 0.4) is 0 Å². The smallest absolute Gasteiger partial charge is 0.213 e. The van der Waals surface area contributed by atoms with Gasteiger partial charge in [0.1, 0.15) is 0 Å². The number of morpholine rings is 1. The van der Waals surface area contributed by atoms with Gasteiger partial charge in [0, 0.05) is 31.9 Å². The molecule has 0 bridgehead atoms. The number of ether oxygens (including phenoxy) is 2. The van der Waals surface area contributed by atoms with E-state index >= 15 is 0 Å². The second-order valence-corrected chi connectivity index (χ2v) is 4.41. The minimum atomic E-state index is 0.630. The third-order valence-corrected chi connectivity index (χ3v) is 2.90. The van der Waals surface area contributed by atoms with E-state index < -0.39 is 0 Å². The molecule has 1 saturated heterocycles. The van der Waals surface area contributed by atoms with Gasteiger partial charge in [-0.1, -0.05) is 11.6 Å². The van der Waals surface area contributed by atoms with Crippen molar-refractivity contribution in [2.45, 2.75) is 6.42 Å². The van der Waals surface area contributed by atoms with Crippen molar-refractivity contribution in [2.24, 2.45) is 0 Å². The fraction of sp³-hybridized carbons (Fsp3) is 0.583. The molecule has 0 saturated carbocycles. The lowest BCUT2D eigenvalue weighted by Crippen LogP contribution is -2.37. The van der Waals surface area contributed by atoms with Crippen molar-refractivity contribution in [3.8, 4) is 5.88 Å². The predicted octanol–water partition coefficient (Wildman–Crippen LogP) is 1.84. The maximum absolute atomic E-state index is 5.74.